The summed E-state index contributed by atoms with van der Waals surface area (Å²) in [5.74, 6) is 0.407. The van der Waals surface area contributed by atoms with Crippen molar-refractivity contribution in [2.75, 3.05) is 13.2 Å². The number of aliphatic hydroxyl groups is 1. The fourth-order valence-electron chi connectivity index (χ4n) is 1.89. The van der Waals surface area contributed by atoms with Crippen molar-refractivity contribution in [2.24, 2.45) is 5.41 Å². The second kappa shape index (κ2) is 5.62. The molecule has 0 aromatic heterocycles. The third-order valence-corrected chi connectivity index (χ3v) is 3.90. The zero-order chi connectivity index (χ0) is 14.8. The summed E-state index contributed by atoms with van der Waals surface area (Å²) in [5, 5.41) is 12.7. The molecule has 0 spiro atoms. The van der Waals surface area contributed by atoms with Crippen LogP contribution in [-0.2, 0) is 4.79 Å². The third-order valence-electron chi connectivity index (χ3n) is 3.65. The lowest BCUT2D eigenvalue weighted by Gasteiger charge is -2.26. The standard InChI is InChI=1S/C15H20ClNO3/c1-14(2,20-12-5-3-11(16)4-6-12)13(19)17-9-15(10-18)7-8-15/h3-6,18H,7-10H2,1-2H3,(H,17,19). The van der Waals surface area contributed by atoms with Gasteiger partial charge in [0.2, 0.25) is 0 Å². The van der Waals surface area contributed by atoms with Gasteiger partial charge in [-0.05, 0) is 51.0 Å². The molecular weight excluding hydrogens is 278 g/mol. The Morgan fingerprint density at radius 3 is 2.50 bits per heavy atom. The summed E-state index contributed by atoms with van der Waals surface area (Å²) < 4.78 is 5.70. The largest absolute Gasteiger partial charge is 0.478 e. The van der Waals surface area contributed by atoms with Crippen LogP contribution in [0.1, 0.15) is 26.7 Å². The number of aliphatic hydroxyl groups excluding tert-OH is 1. The van der Waals surface area contributed by atoms with Gasteiger partial charge in [-0.2, -0.15) is 0 Å². The van der Waals surface area contributed by atoms with Crippen LogP contribution in [0.2, 0.25) is 5.02 Å². The predicted octanol–water partition coefficient (Wildman–Crippen LogP) is 2.39. The van der Waals surface area contributed by atoms with Gasteiger partial charge >= 0.3 is 0 Å². The van der Waals surface area contributed by atoms with E-state index in [9.17, 15) is 9.90 Å². The van der Waals surface area contributed by atoms with Crippen LogP contribution in [0.4, 0.5) is 0 Å². The summed E-state index contributed by atoms with van der Waals surface area (Å²) in [6.45, 7) is 4.05. The van der Waals surface area contributed by atoms with Crippen LogP contribution in [0.5, 0.6) is 5.75 Å². The molecule has 0 unspecified atom stereocenters. The predicted molar refractivity (Wildman–Crippen MR) is 77.9 cm³/mol. The molecule has 0 aliphatic heterocycles. The molecule has 0 heterocycles. The van der Waals surface area contributed by atoms with E-state index in [1.54, 1.807) is 38.1 Å². The van der Waals surface area contributed by atoms with E-state index in [4.69, 9.17) is 16.3 Å². The minimum absolute atomic E-state index is 0.105. The van der Waals surface area contributed by atoms with Crippen molar-refractivity contribution < 1.29 is 14.6 Å². The molecule has 0 atom stereocenters. The lowest BCUT2D eigenvalue weighted by Crippen LogP contribution is -2.48. The van der Waals surface area contributed by atoms with Crippen molar-refractivity contribution in [3.63, 3.8) is 0 Å². The maximum Gasteiger partial charge on any atom is 0.263 e. The van der Waals surface area contributed by atoms with Gasteiger partial charge in [-0.25, -0.2) is 0 Å². The fourth-order valence-corrected chi connectivity index (χ4v) is 2.02. The van der Waals surface area contributed by atoms with Gasteiger partial charge in [0.05, 0.1) is 6.61 Å². The number of ether oxygens (including phenoxy) is 1. The highest BCUT2D eigenvalue weighted by Crippen LogP contribution is 2.44. The summed E-state index contributed by atoms with van der Waals surface area (Å²) in [6, 6.07) is 6.90. The quantitative estimate of drug-likeness (QED) is 0.847. The average Bonchev–Trinajstić information content (AvgIpc) is 3.19. The van der Waals surface area contributed by atoms with E-state index >= 15 is 0 Å². The van der Waals surface area contributed by atoms with Crippen molar-refractivity contribution in [2.45, 2.75) is 32.3 Å². The number of rotatable bonds is 6. The second-order valence-corrected chi connectivity index (χ2v) is 6.34. The molecule has 1 saturated carbocycles. The van der Waals surface area contributed by atoms with Gasteiger partial charge in [-0.3, -0.25) is 4.79 Å². The molecule has 2 N–H and O–H groups in total. The van der Waals surface area contributed by atoms with E-state index < -0.39 is 5.60 Å². The van der Waals surface area contributed by atoms with Crippen LogP contribution in [0.15, 0.2) is 24.3 Å². The van der Waals surface area contributed by atoms with Crippen LogP contribution >= 0.6 is 11.6 Å². The second-order valence-electron chi connectivity index (χ2n) is 5.91. The summed E-state index contributed by atoms with van der Waals surface area (Å²) in [7, 11) is 0. The van der Waals surface area contributed by atoms with Crippen LogP contribution in [0.25, 0.3) is 0 Å². The van der Waals surface area contributed by atoms with Crippen LogP contribution in [0.3, 0.4) is 0 Å². The normalized spacial score (nSPS) is 16.6. The molecule has 1 aliphatic carbocycles. The van der Waals surface area contributed by atoms with E-state index in [0.29, 0.717) is 17.3 Å². The smallest absolute Gasteiger partial charge is 0.263 e. The van der Waals surface area contributed by atoms with Gasteiger partial charge in [0, 0.05) is 17.0 Å². The molecule has 1 aromatic rings. The Bertz CT molecular complexity index is 480. The lowest BCUT2D eigenvalue weighted by molar-refractivity contribution is -0.134. The van der Waals surface area contributed by atoms with Crippen molar-refractivity contribution in [1.29, 1.82) is 0 Å². The summed E-state index contributed by atoms with van der Waals surface area (Å²) in [5.41, 5.74) is -1.08. The Kier molecular flexibility index (Phi) is 4.25. The molecule has 1 aliphatic rings. The highest BCUT2D eigenvalue weighted by Gasteiger charge is 2.43. The molecule has 20 heavy (non-hydrogen) atoms. The highest BCUT2D eigenvalue weighted by molar-refractivity contribution is 6.30. The fraction of sp³-hybridized carbons (Fsp3) is 0.533. The molecule has 0 radical (unpaired) electrons. The summed E-state index contributed by atoms with van der Waals surface area (Å²) in [6.07, 6.45) is 1.92. The van der Waals surface area contributed by atoms with E-state index in [-0.39, 0.29) is 17.9 Å². The number of hydrogen-bond acceptors (Lipinski definition) is 3. The van der Waals surface area contributed by atoms with Crippen molar-refractivity contribution >= 4 is 17.5 Å². The van der Waals surface area contributed by atoms with Gasteiger partial charge in [0.15, 0.2) is 5.60 Å². The molecular formula is C15H20ClNO3. The van der Waals surface area contributed by atoms with Gasteiger partial charge in [0.1, 0.15) is 5.75 Å². The van der Waals surface area contributed by atoms with Crippen molar-refractivity contribution in [1.82, 2.24) is 5.32 Å². The first-order valence-corrected chi connectivity index (χ1v) is 7.08. The summed E-state index contributed by atoms with van der Waals surface area (Å²) in [4.78, 5) is 12.2. The van der Waals surface area contributed by atoms with Crippen molar-refractivity contribution in [3.05, 3.63) is 29.3 Å². The Morgan fingerprint density at radius 1 is 1.40 bits per heavy atom. The minimum atomic E-state index is -0.973. The first-order chi connectivity index (χ1) is 9.37. The number of hydrogen-bond donors (Lipinski definition) is 2. The summed E-state index contributed by atoms with van der Waals surface area (Å²) >= 11 is 5.81. The molecule has 0 bridgehead atoms. The van der Waals surface area contributed by atoms with Gasteiger partial charge in [-0.15, -0.1) is 0 Å². The Hall–Kier alpha value is -1.26. The molecule has 5 heteroatoms. The molecule has 2 rings (SSSR count). The Labute approximate surface area is 124 Å². The number of amides is 1. The number of carbonyl (C=O) groups is 1. The van der Waals surface area contributed by atoms with E-state index in [1.165, 1.54) is 0 Å². The van der Waals surface area contributed by atoms with Gasteiger partial charge in [0.25, 0.3) is 5.91 Å². The SMILES string of the molecule is CC(C)(Oc1ccc(Cl)cc1)C(=O)NCC1(CO)CC1. The molecule has 0 saturated heterocycles. The van der Waals surface area contributed by atoms with E-state index in [1.807, 2.05) is 0 Å². The monoisotopic (exact) mass is 297 g/mol. The number of carbonyl (C=O) groups excluding carboxylic acids is 1. The average molecular weight is 298 g/mol. The number of halogens is 1. The van der Waals surface area contributed by atoms with Crippen molar-refractivity contribution in [3.8, 4) is 5.75 Å². The number of benzene rings is 1. The van der Waals surface area contributed by atoms with Gasteiger partial charge in [-0.1, -0.05) is 11.6 Å². The third kappa shape index (κ3) is 3.64. The van der Waals surface area contributed by atoms with Crippen LogP contribution < -0.4 is 10.1 Å². The van der Waals surface area contributed by atoms with Crippen LogP contribution in [-0.4, -0.2) is 29.8 Å². The molecule has 4 nitrogen and oxygen atoms in total. The molecule has 1 fully saturated rings. The maximum atomic E-state index is 12.2. The highest BCUT2D eigenvalue weighted by atomic mass is 35.5. The molecule has 1 amide bonds. The Balaban J connectivity index is 1.91. The molecule has 110 valence electrons. The zero-order valence-corrected chi connectivity index (χ0v) is 12.5. The van der Waals surface area contributed by atoms with Crippen LogP contribution in [0, 0.1) is 5.41 Å². The lowest BCUT2D eigenvalue weighted by atomic mass is 10.1. The maximum absolute atomic E-state index is 12.2. The molecule has 1 aromatic carbocycles. The van der Waals surface area contributed by atoms with E-state index in [2.05, 4.69) is 5.32 Å². The number of nitrogens with one attached hydrogen (secondary N) is 1. The van der Waals surface area contributed by atoms with E-state index in [0.717, 1.165) is 12.8 Å². The zero-order valence-electron chi connectivity index (χ0n) is 11.8. The first kappa shape index (κ1) is 15.1. The first-order valence-electron chi connectivity index (χ1n) is 6.71. The minimum Gasteiger partial charge on any atom is -0.478 e. The van der Waals surface area contributed by atoms with Gasteiger partial charge < -0.3 is 15.2 Å². The topological polar surface area (TPSA) is 58.6 Å². The Morgan fingerprint density at radius 2 is 2.00 bits per heavy atom.